The van der Waals surface area contributed by atoms with Crippen molar-refractivity contribution in [2.75, 3.05) is 52.0 Å². The van der Waals surface area contributed by atoms with E-state index in [0.717, 1.165) is 39.3 Å². The lowest BCUT2D eigenvalue weighted by molar-refractivity contribution is -0.155. The summed E-state index contributed by atoms with van der Waals surface area (Å²) in [5.74, 6) is -1.92. The lowest BCUT2D eigenvalue weighted by Gasteiger charge is -2.26. The van der Waals surface area contributed by atoms with E-state index in [2.05, 4.69) is 22.8 Å². The van der Waals surface area contributed by atoms with Gasteiger partial charge in [0.05, 0.1) is 30.5 Å². The molecule has 1 atom stereocenters. The number of esters is 2. The predicted molar refractivity (Wildman–Crippen MR) is 127 cm³/mol. The van der Waals surface area contributed by atoms with Crippen molar-refractivity contribution >= 4 is 47.5 Å². The van der Waals surface area contributed by atoms with Crippen molar-refractivity contribution in [3.63, 3.8) is 0 Å². The molecule has 1 N–H and O–H groups in total. The molecule has 0 spiro atoms. The van der Waals surface area contributed by atoms with Crippen LogP contribution in [0.3, 0.4) is 0 Å². The fraction of sp³-hybridized carbons (Fsp3) is 0.810. The highest BCUT2D eigenvalue weighted by molar-refractivity contribution is 8.15. The monoisotopic (exact) mass is 508 g/mol. The van der Waals surface area contributed by atoms with Crippen LogP contribution < -0.4 is 5.32 Å². The van der Waals surface area contributed by atoms with Crippen molar-refractivity contribution in [2.24, 2.45) is 5.92 Å². The number of carbonyl (C=O) groups excluding carboxylic acids is 4. The van der Waals surface area contributed by atoms with Crippen molar-refractivity contribution < 1.29 is 38.1 Å². The summed E-state index contributed by atoms with van der Waals surface area (Å²) in [5.41, 5.74) is 0. The number of carbonyl (C=O) groups is 4. The van der Waals surface area contributed by atoms with E-state index in [1.54, 1.807) is 13.8 Å². The Balaban J connectivity index is 2.34. The Morgan fingerprint density at radius 1 is 1.06 bits per heavy atom. The topological polar surface area (TPSA) is 120 Å². The van der Waals surface area contributed by atoms with E-state index in [-0.39, 0.29) is 18.3 Å². The SMILES string of the molecule is CC(C)C(=O)OCOC(=O)SC(C)(C)C(=O)N[C@@H](CS)C(=O)OCCCCN1CCOCC1. The van der Waals surface area contributed by atoms with Gasteiger partial charge in [0.15, 0.2) is 0 Å². The van der Waals surface area contributed by atoms with Crippen molar-refractivity contribution in [2.45, 2.75) is 51.3 Å². The maximum absolute atomic E-state index is 12.6. The van der Waals surface area contributed by atoms with Gasteiger partial charge in [-0.05, 0) is 45.0 Å². The molecule has 10 nitrogen and oxygen atoms in total. The first kappa shape index (κ1) is 29.5. The number of rotatable bonds is 13. The Hall–Kier alpha value is -1.50. The first-order chi connectivity index (χ1) is 15.6. The van der Waals surface area contributed by atoms with E-state index in [4.69, 9.17) is 18.9 Å². The van der Waals surface area contributed by atoms with Crippen molar-refractivity contribution in [1.82, 2.24) is 10.2 Å². The van der Waals surface area contributed by atoms with Crippen LogP contribution >= 0.6 is 24.4 Å². The van der Waals surface area contributed by atoms with Crippen molar-refractivity contribution in [1.29, 1.82) is 0 Å². The Morgan fingerprint density at radius 2 is 1.73 bits per heavy atom. The molecule has 1 rings (SSSR count). The summed E-state index contributed by atoms with van der Waals surface area (Å²) in [7, 11) is 0. The third-order valence-corrected chi connectivity index (χ3v) is 6.07. The van der Waals surface area contributed by atoms with Crippen LogP contribution in [0.2, 0.25) is 0 Å². The lowest BCUT2D eigenvalue weighted by Crippen LogP contribution is -2.50. The minimum absolute atomic E-state index is 0.0503. The average molecular weight is 509 g/mol. The number of thioether (sulfide) groups is 1. The largest absolute Gasteiger partial charge is 0.464 e. The van der Waals surface area contributed by atoms with Gasteiger partial charge in [-0.25, -0.2) is 9.59 Å². The molecule has 1 aliphatic heterocycles. The van der Waals surface area contributed by atoms with Gasteiger partial charge >= 0.3 is 17.2 Å². The molecule has 0 aromatic carbocycles. The molecule has 0 unspecified atom stereocenters. The van der Waals surface area contributed by atoms with Gasteiger partial charge in [0, 0.05) is 18.8 Å². The average Bonchev–Trinajstić information content (AvgIpc) is 2.76. The number of morpholine rings is 1. The Morgan fingerprint density at radius 3 is 2.33 bits per heavy atom. The first-order valence-electron chi connectivity index (χ1n) is 11.0. The summed E-state index contributed by atoms with van der Waals surface area (Å²) in [6.07, 6.45) is 1.61. The minimum atomic E-state index is -1.24. The molecule has 0 aromatic heterocycles. The smallest absolute Gasteiger partial charge is 0.371 e. The minimum Gasteiger partial charge on any atom is -0.464 e. The molecule has 1 saturated heterocycles. The molecular weight excluding hydrogens is 472 g/mol. The molecule has 12 heteroatoms. The van der Waals surface area contributed by atoms with Gasteiger partial charge in [0.25, 0.3) is 0 Å². The van der Waals surface area contributed by atoms with Crippen molar-refractivity contribution in [3.05, 3.63) is 0 Å². The number of nitrogens with one attached hydrogen (secondary N) is 1. The van der Waals surface area contributed by atoms with E-state index in [0.29, 0.717) is 18.2 Å². The molecule has 1 amide bonds. The van der Waals surface area contributed by atoms with Crippen LogP contribution in [0, 0.1) is 5.92 Å². The summed E-state index contributed by atoms with van der Waals surface area (Å²) < 4.78 is 19.0. The molecule has 190 valence electrons. The number of ether oxygens (including phenoxy) is 4. The first-order valence-corrected chi connectivity index (χ1v) is 12.4. The second-order valence-electron chi connectivity index (χ2n) is 8.28. The standard InChI is InChI=1S/C21H36N2O8S2/c1-15(2)17(24)30-14-31-20(27)33-21(3,4)19(26)22-16(13-32)18(25)29-10-6-5-7-23-8-11-28-12-9-23/h15-16,32H,5-14H2,1-4H3,(H,22,26)/t16-/m0/s1. The number of unbranched alkanes of at least 4 members (excludes halogenated alkanes) is 1. The zero-order valence-corrected chi connectivity index (χ0v) is 21.5. The highest BCUT2D eigenvalue weighted by Crippen LogP contribution is 2.26. The summed E-state index contributed by atoms with van der Waals surface area (Å²) in [5, 5.41) is 1.79. The molecule has 1 aliphatic rings. The number of hydrogen-bond donors (Lipinski definition) is 2. The number of hydrogen-bond acceptors (Lipinski definition) is 11. The quantitative estimate of drug-likeness (QED) is 0.165. The van der Waals surface area contributed by atoms with E-state index in [1.807, 2.05) is 0 Å². The summed E-state index contributed by atoms with van der Waals surface area (Å²) >= 11 is 4.75. The number of amides is 1. The zero-order chi connectivity index (χ0) is 24.9. The van der Waals surface area contributed by atoms with Gasteiger partial charge in [-0.2, -0.15) is 12.6 Å². The zero-order valence-electron chi connectivity index (χ0n) is 19.8. The van der Waals surface area contributed by atoms with Crippen molar-refractivity contribution in [3.8, 4) is 0 Å². The fourth-order valence-corrected chi connectivity index (χ4v) is 3.55. The maximum Gasteiger partial charge on any atom is 0.371 e. The van der Waals surface area contributed by atoms with E-state index < -0.39 is 40.7 Å². The second-order valence-corrected chi connectivity index (χ2v) is 10.2. The van der Waals surface area contributed by atoms with Gasteiger partial charge < -0.3 is 24.3 Å². The maximum atomic E-state index is 12.6. The number of nitrogens with zero attached hydrogens (tertiary/aromatic N) is 1. The van der Waals surface area contributed by atoms with Crippen LogP contribution in [0.4, 0.5) is 4.79 Å². The van der Waals surface area contributed by atoms with E-state index >= 15 is 0 Å². The Labute approximate surface area is 205 Å². The molecule has 1 heterocycles. The second kappa shape index (κ2) is 15.4. The lowest BCUT2D eigenvalue weighted by atomic mass is 10.2. The van der Waals surface area contributed by atoms with Crippen LogP contribution in [0.25, 0.3) is 0 Å². The van der Waals surface area contributed by atoms with Crippen LogP contribution in [0.5, 0.6) is 0 Å². The van der Waals surface area contributed by atoms with Gasteiger partial charge in [0.1, 0.15) is 6.04 Å². The number of thiol groups is 1. The Kier molecular flexibility index (Phi) is 13.8. The predicted octanol–water partition coefficient (Wildman–Crippen LogP) is 1.86. The normalized spacial score (nSPS) is 15.6. The van der Waals surface area contributed by atoms with Gasteiger partial charge in [-0.15, -0.1) is 0 Å². The molecule has 0 aliphatic carbocycles. The van der Waals surface area contributed by atoms with E-state index in [1.165, 1.54) is 13.8 Å². The highest BCUT2D eigenvalue weighted by atomic mass is 32.2. The third kappa shape index (κ3) is 12.0. The van der Waals surface area contributed by atoms with Gasteiger partial charge in [0.2, 0.25) is 12.7 Å². The molecular formula is C21H36N2O8S2. The molecule has 33 heavy (non-hydrogen) atoms. The summed E-state index contributed by atoms with van der Waals surface area (Å²) in [6, 6.07) is -0.942. The van der Waals surface area contributed by atoms with Gasteiger partial charge in [-0.3, -0.25) is 14.5 Å². The molecule has 1 fully saturated rings. The Bertz CT molecular complexity index is 654. The fourth-order valence-electron chi connectivity index (χ4n) is 2.63. The molecule has 0 saturated carbocycles. The molecule has 0 radical (unpaired) electrons. The third-order valence-electron chi connectivity index (χ3n) is 4.72. The van der Waals surface area contributed by atoms with Gasteiger partial charge in [-0.1, -0.05) is 13.8 Å². The molecule has 0 aromatic rings. The molecule has 0 bridgehead atoms. The van der Waals surface area contributed by atoms with Crippen LogP contribution in [-0.4, -0.2) is 90.8 Å². The summed E-state index contributed by atoms with van der Waals surface area (Å²) in [6.45, 7) is 10.3. The summed E-state index contributed by atoms with van der Waals surface area (Å²) in [4.78, 5) is 50.6. The highest BCUT2D eigenvalue weighted by Gasteiger charge is 2.35. The van der Waals surface area contributed by atoms with Crippen LogP contribution in [0.15, 0.2) is 0 Å². The van der Waals surface area contributed by atoms with Crippen LogP contribution in [0.1, 0.15) is 40.5 Å². The van der Waals surface area contributed by atoms with E-state index in [9.17, 15) is 19.2 Å². The van der Waals surface area contributed by atoms with Crippen LogP contribution in [-0.2, 0) is 33.3 Å².